The Morgan fingerprint density at radius 2 is 1.24 bits per heavy atom. The van der Waals surface area contributed by atoms with Crippen LogP contribution >= 0.6 is 11.8 Å². The molecule has 0 unspecified atom stereocenters. The summed E-state index contributed by atoms with van der Waals surface area (Å²) in [5.41, 5.74) is 0.456. The van der Waals surface area contributed by atoms with Crippen LogP contribution in [0.5, 0.6) is 0 Å². The second-order valence-electron chi connectivity index (χ2n) is 4.74. The molecule has 0 amide bonds. The van der Waals surface area contributed by atoms with E-state index in [0.29, 0.717) is 5.65 Å². The van der Waals surface area contributed by atoms with Gasteiger partial charge in [0.1, 0.15) is 0 Å². The van der Waals surface area contributed by atoms with E-state index in [4.69, 9.17) is 10.0 Å². The van der Waals surface area contributed by atoms with E-state index < -0.39 is 7.12 Å². The van der Waals surface area contributed by atoms with Gasteiger partial charge in [-0.05, 0) is 12.2 Å². The van der Waals surface area contributed by atoms with Crippen molar-refractivity contribution in [3.8, 4) is 0 Å². The van der Waals surface area contributed by atoms with Gasteiger partial charge in [-0.2, -0.15) is 11.8 Å². The van der Waals surface area contributed by atoms with Gasteiger partial charge in [-0.15, -0.1) is 0 Å². The van der Waals surface area contributed by atoms with Gasteiger partial charge in [0.05, 0.1) is 0 Å². The zero-order chi connectivity index (χ0) is 12.8. The first-order chi connectivity index (χ1) is 8.27. The summed E-state index contributed by atoms with van der Waals surface area (Å²) in [6.45, 7) is 2.26. The molecule has 102 valence electrons. The van der Waals surface area contributed by atoms with E-state index in [9.17, 15) is 0 Å². The lowest BCUT2D eigenvalue weighted by atomic mass is 9.98. The predicted octanol–water partition coefficient (Wildman–Crippen LogP) is 3.65. The molecule has 0 bridgehead atoms. The van der Waals surface area contributed by atoms with Crippen LogP contribution in [0.25, 0.3) is 0 Å². The fourth-order valence-electron chi connectivity index (χ4n) is 1.88. The zero-order valence-corrected chi connectivity index (χ0v) is 12.2. The second-order valence-corrected chi connectivity index (χ2v) is 5.89. The lowest BCUT2D eigenvalue weighted by Gasteiger charge is -2.02. The highest BCUT2D eigenvalue weighted by Crippen LogP contribution is 2.12. The fourth-order valence-corrected chi connectivity index (χ4v) is 2.67. The van der Waals surface area contributed by atoms with Crippen LogP contribution in [-0.4, -0.2) is 28.6 Å². The van der Waals surface area contributed by atoms with Gasteiger partial charge < -0.3 is 10.0 Å². The highest BCUT2D eigenvalue weighted by Gasteiger charge is 2.04. The minimum absolute atomic E-state index is 0.456. The molecule has 0 aromatic rings. The molecular weight excluding hydrogens is 231 g/mol. The van der Waals surface area contributed by atoms with Crippen molar-refractivity contribution >= 4 is 18.9 Å². The van der Waals surface area contributed by atoms with Crippen LogP contribution < -0.4 is 0 Å². The van der Waals surface area contributed by atoms with Gasteiger partial charge in [-0.1, -0.05) is 64.7 Å². The van der Waals surface area contributed by atoms with E-state index in [-0.39, 0.29) is 0 Å². The highest BCUT2D eigenvalue weighted by atomic mass is 32.2. The molecule has 0 radical (unpaired) electrons. The summed E-state index contributed by atoms with van der Waals surface area (Å²) in [6.07, 6.45) is 13.6. The average Bonchev–Trinajstić information content (AvgIpc) is 2.30. The summed E-state index contributed by atoms with van der Waals surface area (Å²) in [5.74, 6) is 1.06. The summed E-state index contributed by atoms with van der Waals surface area (Å²) in [6, 6.07) is 0. The number of hydrogen-bond acceptors (Lipinski definition) is 3. The third-order valence-electron chi connectivity index (χ3n) is 2.91. The Morgan fingerprint density at radius 3 is 1.71 bits per heavy atom. The maximum absolute atomic E-state index is 8.65. The van der Waals surface area contributed by atoms with Crippen LogP contribution in [0.1, 0.15) is 71.1 Å². The third-order valence-corrected chi connectivity index (χ3v) is 4.02. The Kier molecular flexibility index (Phi) is 14.7. The fraction of sp³-hybridized carbons (Fsp3) is 1.00. The molecule has 0 aliphatic heterocycles. The summed E-state index contributed by atoms with van der Waals surface area (Å²) >= 11 is 1.64. The van der Waals surface area contributed by atoms with Gasteiger partial charge >= 0.3 is 7.12 Å². The normalized spacial score (nSPS) is 10.8. The van der Waals surface area contributed by atoms with E-state index in [0.717, 1.165) is 5.75 Å². The lowest BCUT2D eigenvalue weighted by Crippen LogP contribution is -2.14. The molecule has 0 saturated heterocycles. The Labute approximate surface area is 112 Å². The van der Waals surface area contributed by atoms with E-state index >= 15 is 0 Å². The molecular formula is C13H29BO2S. The lowest BCUT2D eigenvalue weighted by molar-refractivity contribution is 0.415. The Bertz CT molecular complexity index is 145. The monoisotopic (exact) mass is 260 g/mol. The first-order valence-electron chi connectivity index (χ1n) is 7.21. The quantitative estimate of drug-likeness (QED) is 0.392. The van der Waals surface area contributed by atoms with Crippen molar-refractivity contribution in [2.45, 2.75) is 71.1 Å². The van der Waals surface area contributed by atoms with Gasteiger partial charge in [0.15, 0.2) is 0 Å². The highest BCUT2D eigenvalue weighted by molar-refractivity contribution is 8.00. The van der Waals surface area contributed by atoms with Gasteiger partial charge in [0.25, 0.3) is 0 Å². The third kappa shape index (κ3) is 16.3. The smallest absolute Gasteiger partial charge is 0.427 e. The minimum Gasteiger partial charge on any atom is -0.427 e. The molecule has 17 heavy (non-hydrogen) atoms. The van der Waals surface area contributed by atoms with Gasteiger partial charge in [0, 0.05) is 5.65 Å². The summed E-state index contributed by atoms with van der Waals surface area (Å²) in [7, 11) is -1.14. The molecule has 0 saturated carbocycles. The molecule has 0 aliphatic carbocycles. The number of unbranched alkanes of at least 4 members (excludes halogenated alkanes) is 9. The number of hydrogen-bond donors (Lipinski definition) is 2. The summed E-state index contributed by atoms with van der Waals surface area (Å²) < 4.78 is 0. The van der Waals surface area contributed by atoms with Crippen LogP contribution in [0.2, 0.25) is 0 Å². The molecule has 0 aliphatic rings. The largest absolute Gasteiger partial charge is 0.461 e. The van der Waals surface area contributed by atoms with Crippen molar-refractivity contribution in [2.75, 3.05) is 11.4 Å². The summed E-state index contributed by atoms with van der Waals surface area (Å²) in [5, 5.41) is 17.3. The Hall–Kier alpha value is 0.335. The van der Waals surface area contributed by atoms with Crippen molar-refractivity contribution in [3.05, 3.63) is 0 Å². The molecule has 0 rings (SSSR count). The first-order valence-corrected chi connectivity index (χ1v) is 8.36. The van der Waals surface area contributed by atoms with Gasteiger partial charge in [-0.3, -0.25) is 0 Å². The predicted molar refractivity (Wildman–Crippen MR) is 79.4 cm³/mol. The topological polar surface area (TPSA) is 40.5 Å². The zero-order valence-electron chi connectivity index (χ0n) is 11.4. The van der Waals surface area contributed by atoms with Crippen LogP contribution in [0, 0.1) is 0 Å². The van der Waals surface area contributed by atoms with Crippen molar-refractivity contribution in [2.24, 2.45) is 0 Å². The molecule has 2 N–H and O–H groups in total. The summed E-state index contributed by atoms with van der Waals surface area (Å²) in [4.78, 5) is 0. The molecule has 0 aromatic carbocycles. The van der Waals surface area contributed by atoms with Crippen LogP contribution in [-0.2, 0) is 0 Å². The SMILES string of the molecule is CCCCCCCCCCCCSCB(O)O. The van der Waals surface area contributed by atoms with Gasteiger partial charge in [-0.25, -0.2) is 0 Å². The first kappa shape index (κ1) is 17.3. The van der Waals surface area contributed by atoms with Crippen molar-refractivity contribution < 1.29 is 10.0 Å². The Morgan fingerprint density at radius 1 is 0.765 bits per heavy atom. The second kappa shape index (κ2) is 14.4. The molecule has 2 nitrogen and oxygen atoms in total. The average molecular weight is 260 g/mol. The van der Waals surface area contributed by atoms with Crippen molar-refractivity contribution in [1.82, 2.24) is 0 Å². The van der Waals surface area contributed by atoms with Crippen LogP contribution in [0.15, 0.2) is 0 Å². The molecule has 0 spiro atoms. The van der Waals surface area contributed by atoms with Gasteiger partial charge in [0.2, 0.25) is 0 Å². The molecule has 0 atom stereocenters. The minimum atomic E-state index is -1.14. The van der Waals surface area contributed by atoms with Crippen molar-refractivity contribution in [1.29, 1.82) is 0 Å². The van der Waals surface area contributed by atoms with E-state index in [1.807, 2.05) is 0 Å². The standard InChI is InChI=1S/C13H29BO2S/c1-2-3-4-5-6-7-8-9-10-11-12-17-13-14(15)16/h15-16H,2-13H2,1H3. The maximum atomic E-state index is 8.65. The molecule has 4 heteroatoms. The molecule has 0 aromatic heterocycles. The van der Waals surface area contributed by atoms with E-state index in [1.165, 1.54) is 64.2 Å². The van der Waals surface area contributed by atoms with Crippen LogP contribution in [0.4, 0.5) is 0 Å². The maximum Gasteiger partial charge on any atom is 0.461 e. The van der Waals surface area contributed by atoms with E-state index in [2.05, 4.69) is 6.92 Å². The van der Waals surface area contributed by atoms with Crippen molar-refractivity contribution in [3.63, 3.8) is 0 Å². The number of rotatable bonds is 13. The molecule has 0 fully saturated rings. The number of thioether (sulfide) groups is 1. The van der Waals surface area contributed by atoms with E-state index in [1.54, 1.807) is 11.8 Å². The van der Waals surface area contributed by atoms with Crippen LogP contribution in [0.3, 0.4) is 0 Å². The Balaban J connectivity index is 2.89. The molecule has 0 heterocycles.